The summed E-state index contributed by atoms with van der Waals surface area (Å²) >= 11 is 0. The Morgan fingerprint density at radius 2 is 2.00 bits per heavy atom. The first-order valence-electron chi connectivity index (χ1n) is 6.43. The van der Waals surface area contributed by atoms with Crippen LogP contribution in [0.25, 0.3) is 0 Å². The molecular weight excluding hydrogens is 273 g/mol. The molecule has 1 fully saturated rings. The molecular formula is C14H17F3O3. The van der Waals surface area contributed by atoms with E-state index in [-0.39, 0.29) is 19.4 Å². The van der Waals surface area contributed by atoms with Crippen LogP contribution < -0.4 is 0 Å². The van der Waals surface area contributed by atoms with Gasteiger partial charge in [-0.1, -0.05) is 30.3 Å². The van der Waals surface area contributed by atoms with Crippen LogP contribution in [0.2, 0.25) is 0 Å². The van der Waals surface area contributed by atoms with E-state index in [1.165, 1.54) is 0 Å². The molecule has 1 aliphatic rings. The highest BCUT2D eigenvalue weighted by Crippen LogP contribution is 2.37. The quantitative estimate of drug-likeness (QED) is 0.926. The standard InChI is InChI=1S/C14H17F3O3/c15-14(16,17)13(18)7-6-12(20-10-13)9-19-8-11-4-2-1-3-5-11/h1-5,12,18H,6-10H2. The maximum atomic E-state index is 12.6. The van der Waals surface area contributed by atoms with E-state index in [0.717, 1.165) is 5.56 Å². The minimum Gasteiger partial charge on any atom is -0.379 e. The Morgan fingerprint density at radius 1 is 1.30 bits per heavy atom. The zero-order chi connectivity index (χ0) is 14.6. The van der Waals surface area contributed by atoms with E-state index in [9.17, 15) is 18.3 Å². The van der Waals surface area contributed by atoms with E-state index in [1.54, 1.807) is 0 Å². The van der Waals surface area contributed by atoms with Gasteiger partial charge in [0.15, 0.2) is 5.60 Å². The number of rotatable bonds is 4. The molecule has 1 aromatic carbocycles. The van der Waals surface area contributed by atoms with Crippen molar-refractivity contribution in [3.05, 3.63) is 35.9 Å². The van der Waals surface area contributed by atoms with Crippen molar-refractivity contribution >= 4 is 0 Å². The molecule has 1 saturated heterocycles. The van der Waals surface area contributed by atoms with Crippen molar-refractivity contribution in [2.24, 2.45) is 0 Å². The second-order valence-corrected chi connectivity index (χ2v) is 5.00. The summed E-state index contributed by atoms with van der Waals surface area (Å²) < 4.78 is 48.2. The summed E-state index contributed by atoms with van der Waals surface area (Å²) in [5.74, 6) is 0. The van der Waals surface area contributed by atoms with Crippen LogP contribution in [0.5, 0.6) is 0 Å². The van der Waals surface area contributed by atoms with Gasteiger partial charge < -0.3 is 14.6 Å². The molecule has 0 amide bonds. The Bertz CT molecular complexity index is 411. The summed E-state index contributed by atoms with van der Waals surface area (Å²) in [5, 5.41) is 9.44. The predicted molar refractivity (Wildman–Crippen MR) is 66.1 cm³/mol. The van der Waals surface area contributed by atoms with E-state index >= 15 is 0 Å². The molecule has 2 unspecified atom stereocenters. The smallest absolute Gasteiger partial charge is 0.379 e. The number of hydrogen-bond acceptors (Lipinski definition) is 3. The van der Waals surface area contributed by atoms with Crippen molar-refractivity contribution in [3.8, 4) is 0 Å². The number of hydrogen-bond donors (Lipinski definition) is 1. The number of ether oxygens (including phenoxy) is 2. The van der Waals surface area contributed by atoms with Crippen LogP contribution in [0.15, 0.2) is 30.3 Å². The molecule has 0 saturated carbocycles. The van der Waals surface area contributed by atoms with Crippen molar-refractivity contribution in [3.63, 3.8) is 0 Å². The third-order valence-corrected chi connectivity index (χ3v) is 3.38. The molecule has 2 atom stereocenters. The van der Waals surface area contributed by atoms with Crippen LogP contribution in [0.1, 0.15) is 18.4 Å². The minimum atomic E-state index is -4.65. The summed E-state index contributed by atoms with van der Waals surface area (Å²) in [6.45, 7) is -0.108. The second kappa shape index (κ2) is 6.11. The van der Waals surface area contributed by atoms with Gasteiger partial charge in [0, 0.05) is 0 Å². The van der Waals surface area contributed by atoms with Crippen molar-refractivity contribution in [2.75, 3.05) is 13.2 Å². The Hall–Kier alpha value is -1.11. The summed E-state index contributed by atoms with van der Waals surface area (Å²) in [7, 11) is 0. The Balaban J connectivity index is 1.73. The van der Waals surface area contributed by atoms with Crippen LogP contribution in [0, 0.1) is 0 Å². The molecule has 0 aliphatic carbocycles. The second-order valence-electron chi connectivity index (χ2n) is 5.00. The molecule has 0 aromatic heterocycles. The lowest BCUT2D eigenvalue weighted by Gasteiger charge is -2.37. The topological polar surface area (TPSA) is 38.7 Å². The van der Waals surface area contributed by atoms with Gasteiger partial charge >= 0.3 is 6.18 Å². The first kappa shape index (κ1) is 15.3. The van der Waals surface area contributed by atoms with Crippen LogP contribution >= 0.6 is 0 Å². The molecule has 0 radical (unpaired) electrons. The first-order valence-corrected chi connectivity index (χ1v) is 6.43. The average Bonchev–Trinajstić information content (AvgIpc) is 2.41. The highest BCUT2D eigenvalue weighted by molar-refractivity contribution is 5.13. The fraction of sp³-hybridized carbons (Fsp3) is 0.571. The third-order valence-electron chi connectivity index (χ3n) is 3.38. The van der Waals surface area contributed by atoms with Crippen molar-refractivity contribution in [1.29, 1.82) is 0 Å². The lowest BCUT2D eigenvalue weighted by atomic mass is 9.93. The fourth-order valence-corrected chi connectivity index (χ4v) is 2.05. The molecule has 112 valence electrons. The van der Waals surface area contributed by atoms with Crippen LogP contribution in [-0.4, -0.2) is 36.2 Å². The molecule has 6 heteroatoms. The maximum Gasteiger partial charge on any atom is 0.419 e. The number of alkyl halides is 3. The van der Waals surface area contributed by atoms with Gasteiger partial charge in [-0.2, -0.15) is 13.2 Å². The lowest BCUT2D eigenvalue weighted by Crippen LogP contribution is -2.53. The summed E-state index contributed by atoms with van der Waals surface area (Å²) in [4.78, 5) is 0. The third kappa shape index (κ3) is 3.71. The fourth-order valence-electron chi connectivity index (χ4n) is 2.05. The van der Waals surface area contributed by atoms with Gasteiger partial charge in [-0.25, -0.2) is 0 Å². The van der Waals surface area contributed by atoms with E-state index < -0.39 is 24.5 Å². The van der Waals surface area contributed by atoms with E-state index in [4.69, 9.17) is 9.47 Å². The van der Waals surface area contributed by atoms with Crippen molar-refractivity contribution in [2.45, 2.75) is 37.3 Å². The highest BCUT2D eigenvalue weighted by atomic mass is 19.4. The number of halogens is 3. The zero-order valence-electron chi connectivity index (χ0n) is 10.9. The summed E-state index contributed by atoms with van der Waals surface area (Å²) in [6, 6.07) is 9.48. The van der Waals surface area contributed by atoms with Crippen molar-refractivity contribution in [1.82, 2.24) is 0 Å². The summed E-state index contributed by atoms with van der Waals surface area (Å²) in [5.41, 5.74) is -1.72. The lowest BCUT2D eigenvalue weighted by molar-refractivity contribution is -0.296. The average molecular weight is 290 g/mol. The number of benzene rings is 1. The molecule has 1 aliphatic heterocycles. The molecule has 0 spiro atoms. The first-order chi connectivity index (χ1) is 9.41. The zero-order valence-corrected chi connectivity index (χ0v) is 10.9. The van der Waals surface area contributed by atoms with Gasteiger partial charge in [-0.15, -0.1) is 0 Å². The van der Waals surface area contributed by atoms with Crippen molar-refractivity contribution < 1.29 is 27.8 Å². The van der Waals surface area contributed by atoms with Crippen LogP contribution in [0.3, 0.4) is 0 Å². The monoisotopic (exact) mass is 290 g/mol. The van der Waals surface area contributed by atoms with Gasteiger partial charge in [0.05, 0.1) is 25.9 Å². The van der Waals surface area contributed by atoms with Gasteiger partial charge in [-0.3, -0.25) is 0 Å². The van der Waals surface area contributed by atoms with Crippen LogP contribution in [0.4, 0.5) is 13.2 Å². The summed E-state index contributed by atoms with van der Waals surface area (Å²) in [6.07, 6.45) is -5.27. The Kier molecular flexibility index (Phi) is 4.67. The van der Waals surface area contributed by atoms with Gasteiger partial charge in [0.25, 0.3) is 0 Å². The highest BCUT2D eigenvalue weighted by Gasteiger charge is 2.55. The van der Waals surface area contributed by atoms with Gasteiger partial charge in [-0.05, 0) is 18.4 Å². The van der Waals surface area contributed by atoms with E-state index in [1.807, 2.05) is 30.3 Å². The largest absolute Gasteiger partial charge is 0.419 e. The molecule has 2 rings (SSSR count). The van der Waals surface area contributed by atoms with Gasteiger partial charge in [0.1, 0.15) is 0 Å². The Labute approximate surface area is 115 Å². The molecule has 3 nitrogen and oxygen atoms in total. The molecule has 20 heavy (non-hydrogen) atoms. The van der Waals surface area contributed by atoms with E-state index in [2.05, 4.69) is 0 Å². The Morgan fingerprint density at radius 3 is 2.55 bits per heavy atom. The maximum absolute atomic E-state index is 12.6. The van der Waals surface area contributed by atoms with Gasteiger partial charge in [0.2, 0.25) is 0 Å². The SMILES string of the molecule is OC1(C(F)(F)F)CCC(COCc2ccccc2)OC1. The predicted octanol–water partition coefficient (Wildman–Crippen LogP) is 2.68. The minimum absolute atomic E-state index is 0.130. The molecule has 0 bridgehead atoms. The molecule has 1 heterocycles. The molecule has 1 N–H and O–H groups in total. The number of aliphatic hydroxyl groups is 1. The van der Waals surface area contributed by atoms with E-state index in [0.29, 0.717) is 6.61 Å². The normalized spacial score (nSPS) is 27.5. The van der Waals surface area contributed by atoms with Crippen LogP contribution in [-0.2, 0) is 16.1 Å². The molecule has 1 aromatic rings.